The van der Waals surface area contributed by atoms with E-state index >= 15 is 0 Å². The van der Waals surface area contributed by atoms with Gasteiger partial charge in [-0.15, -0.1) is 0 Å². The average molecular weight is 327 g/mol. The highest BCUT2D eigenvalue weighted by atomic mass is 32.2. The maximum atomic E-state index is 12.3. The molecular formula is C14H17NO6S. The number of sulfone groups is 1. The number of carboxylic acid groups (broad SMARTS) is 1. The summed E-state index contributed by atoms with van der Waals surface area (Å²) in [6.07, 6.45) is -1.54. The lowest BCUT2D eigenvalue weighted by atomic mass is 10.1. The van der Waals surface area contributed by atoms with Crippen molar-refractivity contribution in [3.05, 3.63) is 18.2 Å². The number of amides is 1. The molecule has 1 unspecified atom stereocenters. The van der Waals surface area contributed by atoms with E-state index in [2.05, 4.69) is 0 Å². The molecule has 1 aliphatic heterocycles. The van der Waals surface area contributed by atoms with Crippen LogP contribution in [-0.2, 0) is 19.4 Å². The summed E-state index contributed by atoms with van der Waals surface area (Å²) in [5.41, 5.74) is 0.351. The molecule has 2 rings (SSSR count). The van der Waals surface area contributed by atoms with E-state index in [4.69, 9.17) is 9.84 Å². The Hall–Kier alpha value is -2.09. The second kappa shape index (κ2) is 5.96. The third-order valence-corrected chi connectivity index (χ3v) is 5.18. The van der Waals surface area contributed by atoms with Crippen molar-refractivity contribution in [3.63, 3.8) is 0 Å². The van der Waals surface area contributed by atoms with Gasteiger partial charge in [-0.05, 0) is 25.1 Å². The molecule has 1 amide bonds. The Morgan fingerprint density at radius 1 is 1.36 bits per heavy atom. The Kier molecular flexibility index (Phi) is 4.41. The average Bonchev–Trinajstić information content (AvgIpc) is 2.47. The first-order valence-electron chi connectivity index (χ1n) is 6.86. The summed E-state index contributed by atoms with van der Waals surface area (Å²) < 4.78 is 29.3. The van der Waals surface area contributed by atoms with Crippen LogP contribution in [0.25, 0.3) is 0 Å². The molecule has 0 bridgehead atoms. The summed E-state index contributed by atoms with van der Waals surface area (Å²) >= 11 is 0. The molecule has 1 aliphatic rings. The van der Waals surface area contributed by atoms with Crippen LogP contribution in [-0.4, -0.2) is 43.8 Å². The number of ether oxygens (including phenoxy) is 1. The molecule has 0 saturated heterocycles. The van der Waals surface area contributed by atoms with Gasteiger partial charge in [-0.25, -0.2) is 8.42 Å². The summed E-state index contributed by atoms with van der Waals surface area (Å²) in [5.74, 6) is -1.36. The standard InChI is InChI=1S/C14H17NO6S/c1-3-15-10-7-9(22(19,20)4-2)5-6-11(10)21-12(14(15)18)8-13(16)17/h5-7,12H,3-4,8H2,1-2H3,(H,16,17). The quantitative estimate of drug-likeness (QED) is 0.868. The number of fused-ring (bicyclic) bond motifs is 1. The Bertz CT molecular complexity index is 712. The summed E-state index contributed by atoms with van der Waals surface area (Å²) in [7, 11) is -3.40. The predicted molar refractivity (Wildman–Crippen MR) is 78.9 cm³/mol. The SMILES string of the molecule is CCN1C(=O)C(CC(=O)O)Oc2ccc(S(=O)(=O)CC)cc21. The fourth-order valence-electron chi connectivity index (χ4n) is 2.28. The van der Waals surface area contributed by atoms with E-state index in [0.29, 0.717) is 18.0 Å². The molecular weight excluding hydrogens is 310 g/mol. The van der Waals surface area contributed by atoms with Crippen molar-refractivity contribution >= 4 is 27.4 Å². The monoisotopic (exact) mass is 327 g/mol. The van der Waals surface area contributed by atoms with Gasteiger partial charge in [0.1, 0.15) is 5.75 Å². The summed E-state index contributed by atoms with van der Waals surface area (Å²) in [6.45, 7) is 3.56. The van der Waals surface area contributed by atoms with E-state index in [0.717, 1.165) is 0 Å². The van der Waals surface area contributed by atoms with Gasteiger partial charge in [0.05, 0.1) is 22.8 Å². The first-order valence-corrected chi connectivity index (χ1v) is 8.52. The van der Waals surface area contributed by atoms with Crippen molar-refractivity contribution in [2.75, 3.05) is 17.2 Å². The molecule has 0 fully saturated rings. The second-order valence-corrected chi connectivity index (χ2v) is 7.10. The number of benzene rings is 1. The number of aliphatic carboxylic acids is 1. The number of hydrogen-bond donors (Lipinski definition) is 1. The minimum atomic E-state index is -3.40. The molecule has 1 atom stereocenters. The number of anilines is 1. The molecule has 0 radical (unpaired) electrons. The Balaban J connectivity index is 2.48. The second-order valence-electron chi connectivity index (χ2n) is 4.82. The van der Waals surface area contributed by atoms with Crippen LogP contribution in [0.15, 0.2) is 23.1 Å². The Labute approximate surface area is 128 Å². The molecule has 1 aromatic carbocycles. The lowest BCUT2D eigenvalue weighted by Gasteiger charge is -2.33. The van der Waals surface area contributed by atoms with Gasteiger partial charge in [-0.1, -0.05) is 6.92 Å². The van der Waals surface area contributed by atoms with Gasteiger partial charge in [-0.2, -0.15) is 0 Å². The van der Waals surface area contributed by atoms with Gasteiger partial charge in [0.25, 0.3) is 5.91 Å². The number of hydrogen-bond acceptors (Lipinski definition) is 5. The van der Waals surface area contributed by atoms with Crippen molar-refractivity contribution < 1.29 is 27.9 Å². The number of carbonyl (C=O) groups is 2. The van der Waals surface area contributed by atoms with Gasteiger partial charge in [0.2, 0.25) is 0 Å². The molecule has 1 aromatic rings. The zero-order valence-electron chi connectivity index (χ0n) is 12.3. The Morgan fingerprint density at radius 3 is 2.59 bits per heavy atom. The van der Waals surface area contributed by atoms with E-state index in [1.54, 1.807) is 6.92 Å². The summed E-state index contributed by atoms with van der Waals surface area (Å²) in [6, 6.07) is 4.26. The highest BCUT2D eigenvalue weighted by Gasteiger charge is 2.35. The van der Waals surface area contributed by atoms with Crippen LogP contribution in [0, 0.1) is 0 Å². The molecule has 0 spiro atoms. The summed E-state index contributed by atoms with van der Waals surface area (Å²) in [4.78, 5) is 24.5. The largest absolute Gasteiger partial charge is 0.481 e. The number of nitrogens with zero attached hydrogens (tertiary/aromatic N) is 1. The lowest BCUT2D eigenvalue weighted by molar-refractivity contribution is -0.142. The topological polar surface area (TPSA) is 101 Å². The molecule has 8 heteroatoms. The first kappa shape index (κ1) is 16.3. The third-order valence-electron chi connectivity index (χ3n) is 3.45. The number of carbonyl (C=O) groups excluding carboxylic acids is 1. The van der Waals surface area contributed by atoms with Crippen LogP contribution < -0.4 is 9.64 Å². The number of rotatable bonds is 5. The van der Waals surface area contributed by atoms with E-state index in [1.807, 2.05) is 0 Å². The maximum Gasteiger partial charge on any atom is 0.307 e. The fourth-order valence-corrected chi connectivity index (χ4v) is 3.18. The predicted octanol–water partition coefficient (Wildman–Crippen LogP) is 1.07. The van der Waals surface area contributed by atoms with Gasteiger partial charge in [-0.3, -0.25) is 9.59 Å². The van der Waals surface area contributed by atoms with Crippen LogP contribution >= 0.6 is 0 Å². The van der Waals surface area contributed by atoms with Crippen LogP contribution in [0.4, 0.5) is 5.69 Å². The van der Waals surface area contributed by atoms with Crippen molar-refractivity contribution in [3.8, 4) is 5.75 Å². The first-order chi connectivity index (χ1) is 10.3. The molecule has 0 saturated carbocycles. The van der Waals surface area contributed by atoms with Crippen LogP contribution in [0.5, 0.6) is 5.75 Å². The molecule has 1 N–H and O–H groups in total. The highest BCUT2D eigenvalue weighted by Crippen LogP contribution is 2.36. The molecule has 22 heavy (non-hydrogen) atoms. The minimum Gasteiger partial charge on any atom is -0.481 e. The zero-order valence-corrected chi connectivity index (χ0v) is 13.1. The van der Waals surface area contributed by atoms with Gasteiger partial charge >= 0.3 is 5.97 Å². The lowest BCUT2D eigenvalue weighted by Crippen LogP contribution is -2.46. The third kappa shape index (κ3) is 2.92. The smallest absolute Gasteiger partial charge is 0.307 e. The normalized spacial score (nSPS) is 17.8. The highest BCUT2D eigenvalue weighted by molar-refractivity contribution is 7.91. The van der Waals surface area contributed by atoms with E-state index in [9.17, 15) is 18.0 Å². The van der Waals surface area contributed by atoms with Gasteiger partial charge < -0.3 is 14.7 Å². The van der Waals surface area contributed by atoms with E-state index in [1.165, 1.54) is 30.0 Å². The number of carboxylic acids is 1. The number of likely N-dealkylation sites (N-methyl/N-ethyl adjacent to an activating group) is 1. The van der Waals surface area contributed by atoms with Gasteiger partial charge in [0.15, 0.2) is 15.9 Å². The van der Waals surface area contributed by atoms with E-state index < -0.39 is 34.2 Å². The fraction of sp³-hybridized carbons (Fsp3) is 0.429. The molecule has 1 heterocycles. The van der Waals surface area contributed by atoms with Crippen molar-refractivity contribution in [2.24, 2.45) is 0 Å². The van der Waals surface area contributed by atoms with Gasteiger partial charge in [0, 0.05) is 6.54 Å². The van der Waals surface area contributed by atoms with Crippen molar-refractivity contribution in [1.29, 1.82) is 0 Å². The van der Waals surface area contributed by atoms with Crippen LogP contribution in [0.3, 0.4) is 0 Å². The van der Waals surface area contributed by atoms with Crippen molar-refractivity contribution in [1.82, 2.24) is 0 Å². The summed E-state index contributed by atoms with van der Waals surface area (Å²) in [5, 5.41) is 8.84. The zero-order chi connectivity index (χ0) is 16.5. The molecule has 0 aromatic heterocycles. The molecule has 0 aliphatic carbocycles. The van der Waals surface area contributed by atoms with Crippen LogP contribution in [0.2, 0.25) is 0 Å². The van der Waals surface area contributed by atoms with Crippen LogP contribution in [0.1, 0.15) is 20.3 Å². The Morgan fingerprint density at radius 2 is 2.05 bits per heavy atom. The minimum absolute atomic E-state index is 0.0473. The van der Waals surface area contributed by atoms with Crippen molar-refractivity contribution in [2.45, 2.75) is 31.3 Å². The maximum absolute atomic E-state index is 12.3. The van der Waals surface area contributed by atoms with E-state index in [-0.39, 0.29) is 10.6 Å². The molecule has 120 valence electrons. The molecule has 7 nitrogen and oxygen atoms in total.